The third-order valence-electron chi connectivity index (χ3n) is 3.09. The van der Waals surface area contributed by atoms with Gasteiger partial charge in [-0.1, -0.05) is 29.8 Å². The Kier molecular flexibility index (Phi) is 5.20. The third-order valence-corrected chi connectivity index (χ3v) is 3.38. The van der Waals surface area contributed by atoms with Crippen LogP contribution in [0.1, 0.15) is 21.5 Å². The predicted molar refractivity (Wildman–Crippen MR) is 83.5 cm³/mol. The topological polar surface area (TPSA) is 64.3 Å². The van der Waals surface area contributed by atoms with E-state index in [9.17, 15) is 4.79 Å². The Labute approximate surface area is 128 Å². The molecule has 5 heteroatoms. The zero-order valence-electron chi connectivity index (χ0n) is 11.7. The first-order valence-electron chi connectivity index (χ1n) is 6.52. The Hall–Kier alpha value is -2.04. The number of methoxy groups -OCH3 is 1. The van der Waals surface area contributed by atoms with E-state index in [1.807, 2.05) is 30.3 Å². The molecule has 4 nitrogen and oxygen atoms in total. The maximum Gasteiger partial charge on any atom is 0.248 e. The number of halogens is 1. The molecule has 0 aliphatic heterocycles. The number of rotatable bonds is 6. The van der Waals surface area contributed by atoms with Crippen LogP contribution in [-0.4, -0.2) is 13.0 Å². The van der Waals surface area contributed by atoms with Crippen molar-refractivity contribution in [3.63, 3.8) is 0 Å². The third kappa shape index (κ3) is 4.21. The Bertz CT molecular complexity index is 644. The van der Waals surface area contributed by atoms with E-state index in [0.29, 0.717) is 29.4 Å². The molecule has 0 aliphatic carbocycles. The first kappa shape index (κ1) is 15.4. The van der Waals surface area contributed by atoms with Crippen LogP contribution in [0.2, 0.25) is 5.02 Å². The Morgan fingerprint density at radius 3 is 2.52 bits per heavy atom. The summed E-state index contributed by atoms with van der Waals surface area (Å²) in [6, 6.07) is 12.9. The molecule has 0 radical (unpaired) electrons. The summed E-state index contributed by atoms with van der Waals surface area (Å²) in [5.74, 6) is 0.244. The molecular weight excluding hydrogens is 288 g/mol. The summed E-state index contributed by atoms with van der Waals surface area (Å²) in [5.41, 5.74) is 7.84. The van der Waals surface area contributed by atoms with Gasteiger partial charge in [0.15, 0.2) is 0 Å². The van der Waals surface area contributed by atoms with Crippen molar-refractivity contribution in [2.24, 2.45) is 5.73 Å². The van der Waals surface area contributed by atoms with Gasteiger partial charge in [0.2, 0.25) is 5.91 Å². The Morgan fingerprint density at radius 1 is 1.19 bits per heavy atom. The van der Waals surface area contributed by atoms with E-state index < -0.39 is 5.91 Å². The van der Waals surface area contributed by atoms with Crippen molar-refractivity contribution >= 4 is 17.5 Å². The molecule has 0 atom stereocenters. The molecule has 0 fully saturated rings. The first-order valence-corrected chi connectivity index (χ1v) is 6.90. The highest BCUT2D eigenvalue weighted by molar-refractivity contribution is 6.32. The van der Waals surface area contributed by atoms with E-state index >= 15 is 0 Å². The molecule has 3 N–H and O–H groups in total. The van der Waals surface area contributed by atoms with Crippen molar-refractivity contribution in [3.05, 3.63) is 64.2 Å². The quantitative estimate of drug-likeness (QED) is 0.862. The maximum absolute atomic E-state index is 11.1. The van der Waals surface area contributed by atoms with Gasteiger partial charge in [-0.3, -0.25) is 4.79 Å². The lowest BCUT2D eigenvalue weighted by molar-refractivity contribution is 0.1000. The molecule has 2 aromatic rings. The highest BCUT2D eigenvalue weighted by Crippen LogP contribution is 2.24. The zero-order chi connectivity index (χ0) is 15.2. The summed E-state index contributed by atoms with van der Waals surface area (Å²) >= 11 is 6.08. The number of carbonyl (C=O) groups is 1. The normalized spacial score (nSPS) is 10.4. The highest BCUT2D eigenvalue weighted by atomic mass is 35.5. The maximum atomic E-state index is 11.1. The minimum absolute atomic E-state index is 0.418. The van der Waals surface area contributed by atoms with Gasteiger partial charge in [-0.05, 0) is 35.4 Å². The van der Waals surface area contributed by atoms with Crippen LogP contribution >= 0.6 is 11.6 Å². The van der Waals surface area contributed by atoms with Gasteiger partial charge in [0.25, 0.3) is 0 Å². The smallest absolute Gasteiger partial charge is 0.248 e. The Balaban J connectivity index is 1.93. The lowest BCUT2D eigenvalue weighted by Gasteiger charge is -2.08. The standard InChI is InChI=1S/C16H17ClN2O2/c1-21-15-6-5-12(8-14(15)17)10-19-9-11-3-2-4-13(7-11)16(18)20/h2-8,19H,9-10H2,1H3,(H2,18,20). The minimum atomic E-state index is -0.418. The number of hydrogen-bond acceptors (Lipinski definition) is 3. The van der Waals surface area contributed by atoms with E-state index in [2.05, 4.69) is 5.32 Å². The van der Waals surface area contributed by atoms with Gasteiger partial charge in [0.05, 0.1) is 12.1 Å². The monoisotopic (exact) mass is 304 g/mol. The van der Waals surface area contributed by atoms with Gasteiger partial charge in [-0.15, -0.1) is 0 Å². The summed E-state index contributed by atoms with van der Waals surface area (Å²) < 4.78 is 5.11. The first-order chi connectivity index (χ1) is 10.1. The van der Waals surface area contributed by atoms with E-state index in [0.717, 1.165) is 11.1 Å². The number of nitrogens with one attached hydrogen (secondary N) is 1. The summed E-state index contributed by atoms with van der Waals surface area (Å²) in [6.45, 7) is 1.31. The molecule has 0 saturated carbocycles. The van der Waals surface area contributed by atoms with Crippen molar-refractivity contribution in [2.45, 2.75) is 13.1 Å². The Morgan fingerprint density at radius 2 is 1.90 bits per heavy atom. The summed E-state index contributed by atoms with van der Waals surface area (Å²) in [7, 11) is 1.59. The van der Waals surface area contributed by atoms with Crippen LogP contribution in [0.25, 0.3) is 0 Å². The number of hydrogen-bond donors (Lipinski definition) is 2. The lowest BCUT2D eigenvalue weighted by atomic mass is 10.1. The molecule has 0 aliphatic rings. The number of ether oxygens (including phenoxy) is 1. The van der Waals surface area contributed by atoms with Gasteiger partial charge in [0, 0.05) is 18.7 Å². The summed E-state index contributed by atoms with van der Waals surface area (Å²) in [4.78, 5) is 11.1. The van der Waals surface area contributed by atoms with Gasteiger partial charge in [0.1, 0.15) is 5.75 Å². The zero-order valence-corrected chi connectivity index (χ0v) is 12.5. The molecule has 2 rings (SSSR count). The second kappa shape index (κ2) is 7.11. The van der Waals surface area contributed by atoms with Gasteiger partial charge < -0.3 is 15.8 Å². The van der Waals surface area contributed by atoms with Crippen LogP contribution in [0.5, 0.6) is 5.75 Å². The molecule has 1 amide bonds. The highest BCUT2D eigenvalue weighted by Gasteiger charge is 2.03. The fourth-order valence-corrected chi connectivity index (χ4v) is 2.29. The lowest BCUT2D eigenvalue weighted by Crippen LogP contribution is -2.15. The van der Waals surface area contributed by atoms with Crippen molar-refractivity contribution < 1.29 is 9.53 Å². The molecule has 0 saturated heterocycles. The molecule has 2 aromatic carbocycles. The van der Waals surface area contributed by atoms with Gasteiger partial charge in [-0.2, -0.15) is 0 Å². The van der Waals surface area contributed by atoms with Crippen LogP contribution in [0, 0.1) is 0 Å². The van der Waals surface area contributed by atoms with Crippen LogP contribution in [0.4, 0.5) is 0 Å². The molecule has 0 aromatic heterocycles. The van der Waals surface area contributed by atoms with Crippen LogP contribution < -0.4 is 15.8 Å². The molecule has 0 unspecified atom stereocenters. The summed E-state index contributed by atoms with van der Waals surface area (Å²) in [5, 5.41) is 3.89. The van der Waals surface area contributed by atoms with Crippen molar-refractivity contribution in [1.82, 2.24) is 5.32 Å². The minimum Gasteiger partial charge on any atom is -0.495 e. The van der Waals surface area contributed by atoms with Crippen molar-refractivity contribution in [3.8, 4) is 5.75 Å². The molecule has 0 heterocycles. The second-order valence-electron chi connectivity index (χ2n) is 4.64. The molecule has 0 bridgehead atoms. The fourth-order valence-electron chi connectivity index (χ4n) is 2.01. The number of nitrogens with two attached hydrogens (primary N) is 1. The van der Waals surface area contributed by atoms with Crippen molar-refractivity contribution in [1.29, 1.82) is 0 Å². The van der Waals surface area contributed by atoms with Gasteiger partial charge in [-0.25, -0.2) is 0 Å². The van der Waals surface area contributed by atoms with Crippen LogP contribution in [0.3, 0.4) is 0 Å². The average molecular weight is 305 g/mol. The van der Waals surface area contributed by atoms with E-state index in [-0.39, 0.29) is 0 Å². The van der Waals surface area contributed by atoms with E-state index in [1.54, 1.807) is 19.2 Å². The molecule has 0 spiro atoms. The second-order valence-corrected chi connectivity index (χ2v) is 5.04. The fraction of sp³-hybridized carbons (Fsp3) is 0.188. The van der Waals surface area contributed by atoms with E-state index in [1.165, 1.54) is 0 Å². The number of amides is 1. The number of benzene rings is 2. The number of carbonyl (C=O) groups excluding carboxylic acids is 1. The summed E-state index contributed by atoms with van der Waals surface area (Å²) in [6.07, 6.45) is 0. The average Bonchev–Trinajstić information content (AvgIpc) is 2.48. The largest absolute Gasteiger partial charge is 0.495 e. The number of primary amides is 1. The SMILES string of the molecule is COc1ccc(CNCc2cccc(C(N)=O)c2)cc1Cl. The van der Waals surface area contributed by atoms with Crippen LogP contribution in [0.15, 0.2) is 42.5 Å². The van der Waals surface area contributed by atoms with Crippen molar-refractivity contribution in [2.75, 3.05) is 7.11 Å². The van der Waals surface area contributed by atoms with Gasteiger partial charge >= 0.3 is 0 Å². The predicted octanol–water partition coefficient (Wildman–Crippen LogP) is 2.74. The molecule has 21 heavy (non-hydrogen) atoms. The molecule has 110 valence electrons. The molecular formula is C16H17ClN2O2. The van der Waals surface area contributed by atoms with Crippen LogP contribution in [-0.2, 0) is 13.1 Å². The van der Waals surface area contributed by atoms with E-state index in [4.69, 9.17) is 22.1 Å².